The average Bonchev–Trinajstić information content (AvgIpc) is 2.61. The normalized spacial score (nSPS) is 13.3. The Morgan fingerprint density at radius 2 is 2.04 bits per heavy atom. The summed E-state index contributed by atoms with van der Waals surface area (Å²) in [5.41, 5.74) is 0.368. The highest BCUT2D eigenvalue weighted by atomic mass is 16.5. The largest absolute Gasteiger partial charge is 0.467 e. The van der Waals surface area contributed by atoms with Gasteiger partial charge in [-0.2, -0.15) is 5.10 Å². The first-order chi connectivity index (χ1) is 11.5. The van der Waals surface area contributed by atoms with E-state index in [-0.39, 0.29) is 23.8 Å². The molecule has 0 fully saturated rings. The minimum absolute atomic E-state index is 0.0554. The summed E-state index contributed by atoms with van der Waals surface area (Å²) in [6, 6.07) is 6.23. The van der Waals surface area contributed by atoms with Gasteiger partial charge in [-0.15, -0.1) is 0 Å². The first-order valence-electron chi connectivity index (χ1n) is 7.80. The number of fused-ring (bicyclic) bond motifs is 1. The molecule has 7 heteroatoms. The molecule has 1 amide bonds. The van der Waals surface area contributed by atoms with Gasteiger partial charge >= 0.3 is 5.97 Å². The third-order valence-corrected chi connectivity index (χ3v) is 4.04. The van der Waals surface area contributed by atoms with Crippen LogP contribution in [0.3, 0.4) is 0 Å². The first-order valence-corrected chi connectivity index (χ1v) is 7.80. The van der Waals surface area contributed by atoms with Gasteiger partial charge in [0.25, 0.3) is 0 Å². The van der Waals surface area contributed by atoms with Crippen LogP contribution in [0.25, 0.3) is 10.9 Å². The average molecular weight is 331 g/mol. The molecule has 1 aromatic heterocycles. The van der Waals surface area contributed by atoms with Crippen molar-refractivity contribution in [3.05, 3.63) is 40.7 Å². The second kappa shape index (κ2) is 7.72. The summed E-state index contributed by atoms with van der Waals surface area (Å²) >= 11 is 0. The topological polar surface area (TPSA) is 90.3 Å². The van der Waals surface area contributed by atoms with Gasteiger partial charge in [0.2, 0.25) is 11.3 Å². The fourth-order valence-electron chi connectivity index (χ4n) is 2.44. The van der Waals surface area contributed by atoms with Crippen LogP contribution in [-0.2, 0) is 20.9 Å². The number of methoxy groups -OCH3 is 1. The van der Waals surface area contributed by atoms with Crippen LogP contribution >= 0.6 is 0 Å². The lowest BCUT2D eigenvalue weighted by atomic mass is 9.99. The van der Waals surface area contributed by atoms with Crippen LogP contribution in [0.5, 0.6) is 0 Å². The van der Waals surface area contributed by atoms with Crippen molar-refractivity contribution in [1.82, 2.24) is 15.1 Å². The third-order valence-electron chi connectivity index (χ3n) is 4.04. The summed E-state index contributed by atoms with van der Waals surface area (Å²) in [6.07, 6.45) is 1.90. The molecular formula is C17H21N3O4. The Morgan fingerprint density at radius 3 is 2.71 bits per heavy atom. The van der Waals surface area contributed by atoms with E-state index >= 15 is 0 Å². The number of benzene rings is 1. The maximum atomic E-state index is 12.3. The number of aromatic nitrogens is 2. The molecule has 0 aliphatic heterocycles. The van der Waals surface area contributed by atoms with Gasteiger partial charge < -0.3 is 10.1 Å². The molecule has 0 spiro atoms. The Hall–Kier alpha value is -2.70. The van der Waals surface area contributed by atoms with E-state index in [2.05, 4.69) is 10.4 Å². The van der Waals surface area contributed by atoms with Gasteiger partial charge in [-0.1, -0.05) is 32.4 Å². The number of carbonyl (C=O) groups is 2. The molecule has 2 aromatic rings. The predicted molar refractivity (Wildman–Crippen MR) is 89.4 cm³/mol. The molecule has 2 atom stereocenters. The number of esters is 1. The van der Waals surface area contributed by atoms with Crippen molar-refractivity contribution in [1.29, 1.82) is 0 Å². The molecule has 0 saturated heterocycles. The number of hydrogen-bond donors (Lipinski definition) is 1. The molecule has 1 heterocycles. The van der Waals surface area contributed by atoms with E-state index in [1.54, 1.807) is 24.3 Å². The second-order valence-electron chi connectivity index (χ2n) is 5.64. The van der Waals surface area contributed by atoms with Crippen molar-refractivity contribution in [2.75, 3.05) is 7.11 Å². The number of amides is 1. The minimum Gasteiger partial charge on any atom is -0.467 e. The summed E-state index contributed by atoms with van der Waals surface area (Å²) in [5, 5.41) is 7.20. The fourth-order valence-corrected chi connectivity index (χ4v) is 2.44. The van der Waals surface area contributed by atoms with E-state index in [0.717, 1.165) is 6.42 Å². The molecule has 0 unspecified atom stereocenters. The van der Waals surface area contributed by atoms with E-state index in [1.165, 1.54) is 18.0 Å². The highest BCUT2D eigenvalue weighted by Gasteiger charge is 2.26. The summed E-state index contributed by atoms with van der Waals surface area (Å²) in [5.74, 6) is -0.900. The van der Waals surface area contributed by atoms with Crippen LogP contribution in [0.2, 0.25) is 0 Å². The van der Waals surface area contributed by atoms with Gasteiger partial charge in [-0.05, 0) is 18.1 Å². The molecule has 0 saturated carbocycles. The maximum Gasteiger partial charge on any atom is 0.328 e. The summed E-state index contributed by atoms with van der Waals surface area (Å²) in [4.78, 5) is 36.0. The van der Waals surface area contributed by atoms with Gasteiger partial charge in [0.15, 0.2) is 0 Å². The molecule has 24 heavy (non-hydrogen) atoms. The maximum absolute atomic E-state index is 12.3. The third kappa shape index (κ3) is 3.79. The lowest BCUT2D eigenvalue weighted by Gasteiger charge is -2.22. The van der Waals surface area contributed by atoms with Crippen molar-refractivity contribution in [2.45, 2.75) is 32.9 Å². The summed E-state index contributed by atoms with van der Waals surface area (Å²) in [7, 11) is 1.29. The first kappa shape index (κ1) is 17.7. The number of ether oxygens (including phenoxy) is 1. The van der Waals surface area contributed by atoms with Crippen molar-refractivity contribution in [3.63, 3.8) is 0 Å². The number of rotatable bonds is 6. The molecule has 1 aromatic carbocycles. The van der Waals surface area contributed by atoms with Crippen LogP contribution in [0.1, 0.15) is 20.3 Å². The summed E-state index contributed by atoms with van der Waals surface area (Å²) < 4.78 is 6.20. The zero-order chi connectivity index (χ0) is 17.7. The van der Waals surface area contributed by atoms with Crippen molar-refractivity contribution >= 4 is 22.8 Å². The lowest BCUT2D eigenvalue weighted by molar-refractivity contribution is -0.146. The SMILES string of the molecule is CC[C@@H](C)[C@H](NC(=O)Cn1ncc(=O)c2ccccc21)C(=O)OC. The quantitative estimate of drug-likeness (QED) is 0.801. The smallest absolute Gasteiger partial charge is 0.328 e. The highest BCUT2D eigenvalue weighted by molar-refractivity contribution is 5.86. The van der Waals surface area contributed by atoms with E-state index in [9.17, 15) is 14.4 Å². The van der Waals surface area contributed by atoms with E-state index < -0.39 is 12.0 Å². The standard InChI is InChI=1S/C17H21N3O4/c1-4-11(2)16(17(23)24-3)19-15(22)10-20-13-8-6-5-7-12(13)14(21)9-18-20/h5-9,11,16H,4,10H2,1-3H3,(H,19,22)/t11-,16+/m1/s1. The van der Waals surface area contributed by atoms with E-state index in [1.807, 2.05) is 13.8 Å². The number of hydrogen-bond acceptors (Lipinski definition) is 5. The van der Waals surface area contributed by atoms with Gasteiger partial charge in [0.05, 0.1) is 18.8 Å². The molecular weight excluding hydrogens is 310 g/mol. The van der Waals surface area contributed by atoms with Gasteiger partial charge in [-0.3, -0.25) is 14.3 Å². The number of para-hydroxylation sites is 1. The van der Waals surface area contributed by atoms with Crippen molar-refractivity contribution in [2.24, 2.45) is 5.92 Å². The molecule has 128 valence electrons. The van der Waals surface area contributed by atoms with Crippen LogP contribution in [0.15, 0.2) is 35.3 Å². The van der Waals surface area contributed by atoms with Crippen molar-refractivity contribution < 1.29 is 14.3 Å². The Kier molecular flexibility index (Phi) is 5.68. The minimum atomic E-state index is -0.710. The fraction of sp³-hybridized carbons (Fsp3) is 0.412. The highest BCUT2D eigenvalue weighted by Crippen LogP contribution is 2.10. The predicted octanol–water partition coefficient (Wildman–Crippen LogP) is 1.10. The zero-order valence-electron chi connectivity index (χ0n) is 14.0. The molecule has 7 nitrogen and oxygen atoms in total. The Balaban J connectivity index is 2.22. The molecule has 0 bridgehead atoms. The second-order valence-corrected chi connectivity index (χ2v) is 5.64. The van der Waals surface area contributed by atoms with Crippen LogP contribution < -0.4 is 10.7 Å². The van der Waals surface area contributed by atoms with Crippen LogP contribution in [0.4, 0.5) is 0 Å². The van der Waals surface area contributed by atoms with Gasteiger partial charge in [0, 0.05) is 5.39 Å². The van der Waals surface area contributed by atoms with Gasteiger partial charge in [-0.25, -0.2) is 4.79 Å². The van der Waals surface area contributed by atoms with Crippen LogP contribution in [0, 0.1) is 5.92 Å². The summed E-state index contributed by atoms with van der Waals surface area (Å²) in [6.45, 7) is 3.71. The Morgan fingerprint density at radius 1 is 1.33 bits per heavy atom. The molecule has 2 rings (SSSR count). The molecule has 0 aliphatic carbocycles. The Labute approximate surface area is 139 Å². The van der Waals surface area contributed by atoms with E-state index in [4.69, 9.17) is 4.74 Å². The van der Waals surface area contributed by atoms with Gasteiger partial charge in [0.1, 0.15) is 12.6 Å². The number of nitrogens with zero attached hydrogens (tertiary/aromatic N) is 2. The number of nitrogens with one attached hydrogen (secondary N) is 1. The van der Waals surface area contributed by atoms with Crippen LogP contribution in [-0.4, -0.2) is 34.8 Å². The molecule has 1 N–H and O–H groups in total. The van der Waals surface area contributed by atoms with Crippen molar-refractivity contribution in [3.8, 4) is 0 Å². The monoisotopic (exact) mass is 331 g/mol. The lowest BCUT2D eigenvalue weighted by Crippen LogP contribution is -2.46. The number of carbonyl (C=O) groups excluding carboxylic acids is 2. The zero-order valence-corrected chi connectivity index (χ0v) is 14.0. The molecule has 0 aliphatic rings. The Bertz CT molecular complexity index is 800. The van der Waals surface area contributed by atoms with E-state index in [0.29, 0.717) is 10.9 Å². The molecule has 0 radical (unpaired) electrons.